The zero-order valence-electron chi connectivity index (χ0n) is 15.8. The number of rotatable bonds is 3. The molecule has 0 radical (unpaired) electrons. The Bertz CT molecular complexity index is 696. The van der Waals surface area contributed by atoms with E-state index in [2.05, 4.69) is 9.80 Å². The number of cyclic esters (lactones) is 1. The van der Waals surface area contributed by atoms with Gasteiger partial charge in [-0.3, -0.25) is 14.6 Å². The number of hydrogen-bond acceptors (Lipinski definition) is 5. The van der Waals surface area contributed by atoms with E-state index < -0.39 is 11.7 Å². The number of halogens is 3. The molecule has 0 N–H and O–H groups in total. The summed E-state index contributed by atoms with van der Waals surface area (Å²) in [6, 6.07) is 6.01. The first-order valence-corrected chi connectivity index (χ1v) is 9.99. The number of likely N-dealkylation sites (tertiary alicyclic amines) is 1. The molecule has 3 fully saturated rings. The molecule has 28 heavy (non-hydrogen) atoms. The van der Waals surface area contributed by atoms with Crippen LogP contribution in [0.15, 0.2) is 24.3 Å². The summed E-state index contributed by atoms with van der Waals surface area (Å²) >= 11 is 0. The van der Waals surface area contributed by atoms with E-state index in [4.69, 9.17) is 4.74 Å². The molecule has 4 rings (SSSR count). The Morgan fingerprint density at radius 3 is 2.25 bits per heavy atom. The Labute approximate surface area is 163 Å². The zero-order chi connectivity index (χ0) is 19.7. The number of anilines is 1. The maximum Gasteiger partial charge on any atom is 0.416 e. The van der Waals surface area contributed by atoms with E-state index in [0.717, 1.165) is 64.6 Å². The predicted molar refractivity (Wildman–Crippen MR) is 99.2 cm³/mol. The summed E-state index contributed by atoms with van der Waals surface area (Å²) in [6.45, 7) is 5.50. The lowest BCUT2D eigenvalue weighted by atomic mass is 10.00. The number of carbonyl (C=O) groups excluding carboxylic acids is 1. The predicted octanol–water partition coefficient (Wildman–Crippen LogP) is 2.61. The lowest BCUT2D eigenvalue weighted by Gasteiger charge is -2.44. The highest BCUT2D eigenvalue weighted by Gasteiger charge is 2.36. The summed E-state index contributed by atoms with van der Waals surface area (Å²) in [5, 5.41) is 0. The minimum atomic E-state index is -4.31. The van der Waals surface area contributed by atoms with Gasteiger partial charge in [0, 0.05) is 57.4 Å². The van der Waals surface area contributed by atoms with Crippen LogP contribution in [0.3, 0.4) is 0 Å². The third-order valence-corrected chi connectivity index (χ3v) is 6.22. The van der Waals surface area contributed by atoms with E-state index in [1.165, 1.54) is 12.1 Å². The number of nitrogens with zero attached hydrogens (tertiary/aromatic N) is 3. The van der Waals surface area contributed by atoms with Crippen LogP contribution in [0.4, 0.5) is 18.9 Å². The summed E-state index contributed by atoms with van der Waals surface area (Å²) < 4.78 is 43.9. The molecule has 1 aromatic carbocycles. The van der Waals surface area contributed by atoms with E-state index in [0.29, 0.717) is 18.3 Å². The third kappa shape index (κ3) is 4.12. The van der Waals surface area contributed by atoms with Crippen LogP contribution in [0.1, 0.15) is 24.8 Å². The van der Waals surface area contributed by atoms with Crippen molar-refractivity contribution in [2.24, 2.45) is 0 Å². The fraction of sp³-hybridized carbons (Fsp3) is 0.650. The zero-order valence-corrected chi connectivity index (χ0v) is 15.8. The molecule has 0 amide bonds. The van der Waals surface area contributed by atoms with Crippen LogP contribution in [0.5, 0.6) is 0 Å². The number of carbonyl (C=O) groups is 1. The quantitative estimate of drug-likeness (QED) is 0.733. The second-order valence-electron chi connectivity index (χ2n) is 7.81. The second-order valence-corrected chi connectivity index (χ2v) is 7.81. The molecule has 0 aromatic heterocycles. The number of esters is 1. The highest BCUT2D eigenvalue weighted by molar-refractivity contribution is 5.77. The van der Waals surface area contributed by atoms with Gasteiger partial charge >= 0.3 is 12.1 Å². The van der Waals surface area contributed by atoms with Crippen LogP contribution in [0.25, 0.3) is 0 Å². The highest BCUT2D eigenvalue weighted by atomic mass is 19.4. The molecule has 3 saturated heterocycles. The van der Waals surface area contributed by atoms with Gasteiger partial charge in [-0.2, -0.15) is 13.2 Å². The minimum absolute atomic E-state index is 0.0706. The third-order valence-electron chi connectivity index (χ3n) is 6.22. The summed E-state index contributed by atoms with van der Waals surface area (Å²) in [5.41, 5.74) is 0.0503. The topological polar surface area (TPSA) is 36.0 Å². The van der Waals surface area contributed by atoms with E-state index in [9.17, 15) is 18.0 Å². The number of hydrogen-bond donors (Lipinski definition) is 0. The molecular formula is C20H26F3N3O2. The van der Waals surface area contributed by atoms with Gasteiger partial charge in [0.1, 0.15) is 6.04 Å². The largest absolute Gasteiger partial charge is 0.464 e. The maximum atomic E-state index is 12.9. The fourth-order valence-electron chi connectivity index (χ4n) is 4.60. The Hall–Kier alpha value is -1.80. The number of piperidine rings is 1. The molecule has 0 unspecified atom stereocenters. The maximum absolute atomic E-state index is 12.9. The van der Waals surface area contributed by atoms with Gasteiger partial charge in [-0.1, -0.05) is 6.07 Å². The molecular weight excluding hydrogens is 371 g/mol. The van der Waals surface area contributed by atoms with Gasteiger partial charge in [-0.25, -0.2) is 0 Å². The van der Waals surface area contributed by atoms with E-state index in [1.54, 1.807) is 6.07 Å². The Morgan fingerprint density at radius 1 is 0.929 bits per heavy atom. The second kappa shape index (κ2) is 7.91. The van der Waals surface area contributed by atoms with Gasteiger partial charge in [-0.05, 0) is 31.0 Å². The van der Waals surface area contributed by atoms with E-state index >= 15 is 0 Å². The standard InChI is InChI=1S/C20H26F3N3O2/c21-20(22,23)15-2-1-3-17(14-15)25-11-9-24(10-12-25)16-4-7-26(8-5-16)18-6-13-28-19(18)27/h1-3,14,16,18H,4-13H2/t18-/m1/s1. The molecule has 1 aromatic rings. The van der Waals surface area contributed by atoms with E-state index in [1.807, 2.05) is 4.90 Å². The Morgan fingerprint density at radius 2 is 1.64 bits per heavy atom. The molecule has 1 atom stereocenters. The van der Waals surface area contributed by atoms with Crippen molar-refractivity contribution in [1.82, 2.24) is 9.80 Å². The molecule has 0 spiro atoms. The molecule has 0 saturated carbocycles. The fourth-order valence-corrected chi connectivity index (χ4v) is 4.60. The average Bonchev–Trinajstić information content (AvgIpc) is 3.14. The first kappa shape index (κ1) is 19.5. The molecule has 0 bridgehead atoms. The van der Waals surface area contributed by atoms with Crippen molar-refractivity contribution in [2.75, 3.05) is 50.8 Å². The molecule has 154 valence electrons. The molecule has 5 nitrogen and oxygen atoms in total. The molecule has 3 aliphatic heterocycles. The summed E-state index contributed by atoms with van der Waals surface area (Å²) in [4.78, 5) is 18.5. The van der Waals surface area contributed by atoms with Crippen LogP contribution in [-0.4, -0.2) is 73.7 Å². The van der Waals surface area contributed by atoms with Crippen molar-refractivity contribution >= 4 is 11.7 Å². The van der Waals surface area contributed by atoms with Gasteiger partial charge in [0.15, 0.2) is 0 Å². The van der Waals surface area contributed by atoms with Crippen LogP contribution in [0.2, 0.25) is 0 Å². The van der Waals surface area contributed by atoms with Crippen molar-refractivity contribution < 1.29 is 22.7 Å². The molecule has 0 aliphatic carbocycles. The molecule has 3 aliphatic rings. The van der Waals surface area contributed by atoms with Crippen molar-refractivity contribution in [3.8, 4) is 0 Å². The van der Waals surface area contributed by atoms with Crippen molar-refractivity contribution in [3.05, 3.63) is 29.8 Å². The lowest BCUT2D eigenvalue weighted by molar-refractivity contribution is -0.143. The Balaban J connectivity index is 1.29. The van der Waals surface area contributed by atoms with Gasteiger partial charge in [0.2, 0.25) is 0 Å². The van der Waals surface area contributed by atoms with Gasteiger partial charge in [0.05, 0.1) is 12.2 Å². The summed E-state index contributed by atoms with van der Waals surface area (Å²) in [5.74, 6) is -0.0897. The summed E-state index contributed by atoms with van der Waals surface area (Å²) in [7, 11) is 0. The van der Waals surface area contributed by atoms with Crippen LogP contribution in [0, 0.1) is 0 Å². The monoisotopic (exact) mass is 397 g/mol. The highest BCUT2D eigenvalue weighted by Crippen LogP contribution is 2.32. The van der Waals surface area contributed by atoms with Crippen LogP contribution in [-0.2, 0) is 15.7 Å². The van der Waals surface area contributed by atoms with Gasteiger partial charge < -0.3 is 9.64 Å². The van der Waals surface area contributed by atoms with Crippen molar-refractivity contribution in [3.63, 3.8) is 0 Å². The Kier molecular flexibility index (Phi) is 5.51. The van der Waals surface area contributed by atoms with Gasteiger partial charge in [0.25, 0.3) is 0 Å². The number of ether oxygens (including phenoxy) is 1. The molecule has 8 heteroatoms. The van der Waals surface area contributed by atoms with Crippen molar-refractivity contribution in [2.45, 2.75) is 37.5 Å². The number of piperazine rings is 1. The average molecular weight is 397 g/mol. The van der Waals surface area contributed by atoms with Crippen LogP contribution >= 0.6 is 0 Å². The minimum Gasteiger partial charge on any atom is -0.464 e. The number of alkyl halides is 3. The van der Waals surface area contributed by atoms with Crippen molar-refractivity contribution in [1.29, 1.82) is 0 Å². The first-order valence-electron chi connectivity index (χ1n) is 9.99. The van der Waals surface area contributed by atoms with Gasteiger partial charge in [-0.15, -0.1) is 0 Å². The summed E-state index contributed by atoms with van der Waals surface area (Å²) in [6.07, 6.45) is -1.47. The lowest BCUT2D eigenvalue weighted by Crippen LogP contribution is -2.54. The smallest absolute Gasteiger partial charge is 0.416 e. The normalized spacial score (nSPS) is 25.9. The van der Waals surface area contributed by atoms with Crippen LogP contribution < -0.4 is 4.90 Å². The first-order chi connectivity index (χ1) is 13.4. The number of benzene rings is 1. The van der Waals surface area contributed by atoms with E-state index in [-0.39, 0.29) is 12.0 Å². The SMILES string of the molecule is O=C1OCC[C@H]1N1CCC(N2CCN(c3cccc(C(F)(F)F)c3)CC2)CC1. The molecule has 3 heterocycles.